The van der Waals surface area contributed by atoms with Crippen molar-refractivity contribution >= 4 is 34.1 Å². The van der Waals surface area contributed by atoms with Crippen LogP contribution in [-0.2, 0) is 18.3 Å². The topological polar surface area (TPSA) is 85.6 Å². The highest BCUT2D eigenvalue weighted by Crippen LogP contribution is 2.23. The first-order valence-electron chi connectivity index (χ1n) is 7.78. The van der Waals surface area contributed by atoms with E-state index in [1.54, 1.807) is 0 Å². The van der Waals surface area contributed by atoms with Gasteiger partial charge in [0.05, 0.1) is 5.75 Å². The van der Waals surface area contributed by atoms with Crippen molar-refractivity contribution in [1.29, 1.82) is 0 Å². The van der Waals surface area contributed by atoms with Gasteiger partial charge in [0.2, 0.25) is 11.0 Å². The standard InChI is InChI=1S/C16H18N6OS2/c1-4-13-18-20-15(25-13)17-12(23)9-24-16-21-19-14(22(16)3)11-7-5-10(2)6-8-11/h5-8H,4,9H2,1-3H3,(H,17,20,23). The molecule has 2 aromatic heterocycles. The smallest absolute Gasteiger partial charge is 0.236 e. The molecule has 0 saturated carbocycles. The van der Waals surface area contributed by atoms with Gasteiger partial charge in [-0.25, -0.2) is 0 Å². The fourth-order valence-electron chi connectivity index (χ4n) is 2.13. The number of anilines is 1. The number of nitrogens with one attached hydrogen (secondary N) is 1. The molecule has 0 aliphatic carbocycles. The second-order valence-corrected chi connectivity index (χ2v) is 7.43. The Hall–Kier alpha value is -2.26. The van der Waals surface area contributed by atoms with E-state index in [0.717, 1.165) is 22.8 Å². The number of carbonyl (C=O) groups is 1. The summed E-state index contributed by atoms with van der Waals surface area (Å²) in [7, 11) is 1.90. The molecule has 0 spiro atoms. The maximum Gasteiger partial charge on any atom is 0.236 e. The van der Waals surface area contributed by atoms with Crippen LogP contribution in [0.4, 0.5) is 5.13 Å². The van der Waals surface area contributed by atoms with E-state index in [2.05, 4.69) is 25.7 Å². The molecule has 3 aromatic rings. The minimum absolute atomic E-state index is 0.135. The van der Waals surface area contributed by atoms with Crippen LogP contribution in [0.2, 0.25) is 0 Å². The Morgan fingerprint density at radius 3 is 2.64 bits per heavy atom. The van der Waals surface area contributed by atoms with Crippen molar-refractivity contribution in [3.63, 3.8) is 0 Å². The molecule has 0 radical (unpaired) electrons. The SMILES string of the molecule is CCc1nnc(NC(=O)CSc2nnc(-c3ccc(C)cc3)n2C)s1. The van der Waals surface area contributed by atoms with E-state index >= 15 is 0 Å². The van der Waals surface area contributed by atoms with Crippen molar-refractivity contribution in [1.82, 2.24) is 25.0 Å². The molecular weight excluding hydrogens is 356 g/mol. The molecule has 1 aromatic carbocycles. The molecule has 0 aliphatic rings. The van der Waals surface area contributed by atoms with Crippen molar-refractivity contribution < 1.29 is 4.79 Å². The van der Waals surface area contributed by atoms with E-state index < -0.39 is 0 Å². The number of carbonyl (C=O) groups excluding carboxylic acids is 1. The van der Waals surface area contributed by atoms with Gasteiger partial charge >= 0.3 is 0 Å². The first-order valence-corrected chi connectivity index (χ1v) is 9.58. The molecule has 25 heavy (non-hydrogen) atoms. The first-order chi connectivity index (χ1) is 12.1. The number of benzene rings is 1. The molecule has 0 fully saturated rings. The molecular formula is C16H18N6OS2. The van der Waals surface area contributed by atoms with Crippen LogP contribution in [0, 0.1) is 6.92 Å². The zero-order chi connectivity index (χ0) is 17.8. The maximum atomic E-state index is 12.1. The lowest BCUT2D eigenvalue weighted by molar-refractivity contribution is -0.113. The molecule has 0 atom stereocenters. The second-order valence-electron chi connectivity index (χ2n) is 5.42. The van der Waals surface area contributed by atoms with Crippen molar-refractivity contribution in [3.05, 3.63) is 34.8 Å². The summed E-state index contributed by atoms with van der Waals surface area (Å²) in [5.74, 6) is 0.879. The molecule has 0 bridgehead atoms. The zero-order valence-electron chi connectivity index (χ0n) is 14.2. The number of amides is 1. The third-order valence-electron chi connectivity index (χ3n) is 3.49. The predicted molar refractivity (Wildman–Crippen MR) is 99.8 cm³/mol. The minimum Gasteiger partial charge on any atom is -0.305 e. The summed E-state index contributed by atoms with van der Waals surface area (Å²) in [5, 5.41) is 21.2. The highest BCUT2D eigenvalue weighted by Gasteiger charge is 2.14. The number of aromatic nitrogens is 5. The summed E-state index contributed by atoms with van der Waals surface area (Å²) in [6, 6.07) is 8.11. The summed E-state index contributed by atoms with van der Waals surface area (Å²) in [4.78, 5) is 12.1. The zero-order valence-corrected chi connectivity index (χ0v) is 15.8. The van der Waals surface area contributed by atoms with Crippen molar-refractivity contribution in [3.8, 4) is 11.4 Å². The number of thioether (sulfide) groups is 1. The molecule has 1 amide bonds. The van der Waals surface area contributed by atoms with E-state index in [1.807, 2.05) is 49.7 Å². The third-order valence-corrected chi connectivity index (χ3v) is 5.50. The summed E-state index contributed by atoms with van der Waals surface area (Å²) in [6.45, 7) is 4.05. The highest BCUT2D eigenvalue weighted by molar-refractivity contribution is 7.99. The summed E-state index contributed by atoms with van der Waals surface area (Å²) >= 11 is 2.73. The predicted octanol–water partition coefficient (Wildman–Crippen LogP) is 2.94. The van der Waals surface area contributed by atoms with Gasteiger partial charge < -0.3 is 4.57 Å². The van der Waals surface area contributed by atoms with Crippen LogP contribution in [0.15, 0.2) is 29.4 Å². The summed E-state index contributed by atoms with van der Waals surface area (Å²) in [6.07, 6.45) is 0.809. The van der Waals surface area contributed by atoms with Crippen molar-refractivity contribution in [2.24, 2.45) is 7.05 Å². The molecule has 0 aliphatic heterocycles. The molecule has 0 unspecified atom stereocenters. The van der Waals surface area contributed by atoms with Crippen LogP contribution >= 0.6 is 23.1 Å². The monoisotopic (exact) mass is 374 g/mol. The van der Waals surface area contributed by atoms with Gasteiger partial charge in [-0.3, -0.25) is 10.1 Å². The van der Waals surface area contributed by atoms with E-state index in [4.69, 9.17) is 0 Å². The van der Waals surface area contributed by atoms with Crippen LogP contribution in [0.1, 0.15) is 17.5 Å². The number of nitrogens with zero attached hydrogens (tertiary/aromatic N) is 5. The molecule has 130 valence electrons. The van der Waals surface area contributed by atoms with Gasteiger partial charge in [0.1, 0.15) is 5.01 Å². The minimum atomic E-state index is -0.135. The average molecular weight is 374 g/mol. The Labute approximate surface area is 153 Å². The van der Waals surface area contributed by atoms with Gasteiger partial charge in [-0.05, 0) is 13.3 Å². The summed E-state index contributed by atoms with van der Waals surface area (Å²) < 4.78 is 1.89. The van der Waals surface area contributed by atoms with Crippen molar-refractivity contribution in [2.45, 2.75) is 25.4 Å². The Bertz CT molecular complexity index is 871. The largest absolute Gasteiger partial charge is 0.305 e. The third kappa shape index (κ3) is 4.23. The van der Waals surface area contributed by atoms with E-state index in [0.29, 0.717) is 10.3 Å². The van der Waals surface area contributed by atoms with Gasteiger partial charge in [-0.2, -0.15) is 0 Å². The first kappa shape index (κ1) is 17.6. The fraction of sp³-hybridized carbons (Fsp3) is 0.312. The number of hydrogen-bond donors (Lipinski definition) is 1. The second kappa shape index (κ2) is 7.75. The molecule has 9 heteroatoms. The lowest BCUT2D eigenvalue weighted by Gasteiger charge is -2.04. The van der Waals surface area contributed by atoms with Gasteiger partial charge in [0.15, 0.2) is 11.0 Å². The van der Waals surface area contributed by atoms with Crippen molar-refractivity contribution in [2.75, 3.05) is 11.1 Å². The Morgan fingerprint density at radius 2 is 1.96 bits per heavy atom. The molecule has 1 N–H and O–H groups in total. The maximum absolute atomic E-state index is 12.1. The molecule has 0 saturated heterocycles. The molecule has 2 heterocycles. The Kier molecular flexibility index (Phi) is 5.44. The normalized spacial score (nSPS) is 10.8. The van der Waals surface area contributed by atoms with E-state index in [-0.39, 0.29) is 11.7 Å². The van der Waals surface area contributed by atoms with E-state index in [9.17, 15) is 4.79 Å². The molecule has 3 rings (SSSR count). The Balaban J connectivity index is 1.61. The quantitative estimate of drug-likeness (QED) is 0.668. The lowest BCUT2D eigenvalue weighted by atomic mass is 10.1. The number of aryl methyl sites for hydroxylation is 2. The van der Waals surface area contributed by atoms with E-state index in [1.165, 1.54) is 28.7 Å². The van der Waals surface area contributed by atoms with Crippen LogP contribution in [0.25, 0.3) is 11.4 Å². The highest BCUT2D eigenvalue weighted by atomic mass is 32.2. The van der Waals surface area contributed by atoms with Gasteiger partial charge in [-0.1, -0.05) is 59.9 Å². The number of hydrogen-bond acceptors (Lipinski definition) is 7. The lowest BCUT2D eigenvalue weighted by Crippen LogP contribution is -2.14. The van der Waals surface area contributed by atoms with Gasteiger partial charge in [0, 0.05) is 12.6 Å². The van der Waals surface area contributed by atoms with Crippen LogP contribution in [0.3, 0.4) is 0 Å². The van der Waals surface area contributed by atoms with Gasteiger partial charge in [-0.15, -0.1) is 20.4 Å². The number of rotatable bonds is 6. The average Bonchev–Trinajstić information content (AvgIpc) is 3.20. The van der Waals surface area contributed by atoms with Gasteiger partial charge in [0.25, 0.3) is 0 Å². The summed E-state index contributed by atoms with van der Waals surface area (Å²) in [5.41, 5.74) is 2.19. The molecule has 7 nitrogen and oxygen atoms in total. The Morgan fingerprint density at radius 1 is 1.20 bits per heavy atom. The van der Waals surface area contributed by atoms with Crippen LogP contribution in [0.5, 0.6) is 0 Å². The van der Waals surface area contributed by atoms with Crippen LogP contribution in [-0.4, -0.2) is 36.6 Å². The van der Waals surface area contributed by atoms with Crippen LogP contribution < -0.4 is 5.32 Å². The fourth-order valence-corrected chi connectivity index (χ4v) is 3.53.